The smallest absolute Gasteiger partial charge is 0.354 e. The number of carbonyl (C=O) groups is 1. The van der Waals surface area contributed by atoms with Gasteiger partial charge in [0.15, 0.2) is 0 Å². The van der Waals surface area contributed by atoms with Crippen molar-refractivity contribution in [3.8, 4) is 12.3 Å². The van der Waals surface area contributed by atoms with Crippen molar-refractivity contribution in [3.05, 3.63) is 29.6 Å². The Hall–Kier alpha value is -1.86. The summed E-state index contributed by atoms with van der Waals surface area (Å²) >= 11 is 0. The van der Waals surface area contributed by atoms with E-state index in [0.717, 1.165) is 0 Å². The summed E-state index contributed by atoms with van der Waals surface area (Å²) < 4.78 is 0. The van der Waals surface area contributed by atoms with Gasteiger partial charge in [-0.25, -0.2) is 9.78 Å². The summed E-state index contributed by atoms with van der Waals surface area (Å²) in [5.41, 5.74) is 0.713. The number of nitrogens with one attached hydrogen (secondary N) is 1. The molecule has 14 heavy (non-hydrogen) atoms. The van der Waals surface area contributed by atoms with Gasteiger partial charge in [0.1, 0.15) is 5.69 Å². The van der Waals surface area contributed by atoms with E-state index in [1.165, 1.54) is 6.07 Å². The first-order chi connectivity index (χ1) is 6.74. The maximum Gasteiger partial charge on any atom is 0.354 e. The Morgan fingerprint density at radius 3 is 3.07 bits per heavy atom. The van der Waals surface area contributed by atoms with Gasteiger partial charge in [-0.1, -0.05) is 12.0 Å². The fraction of sp³-hybridized carbons (Fsp3) is 0.200. The highest BCUT2D eigenvalue weighted by Gasteiger charge is 2.03. The molecule has 72 valence electrons. The average molecular weight is 190 g/mol. The van der Waals surface area contributed by atoms with Gasteiger partial charge in [-0.2, -0.15) is 0 Å². The number of nitrogens with zero attached hydrogens (tertiary/aromatic N) is 1. The molecule has 4 heteroatoms. The van der Waals surface area contributed by atoms with Crippen LogP contribution in [-0.2, 0) is 6.54 Å². The fourth-order valence-corrected chi connectivity index (χ4v) is 0.960. The number of hydrogen-bond acceptors (Lipinski definition) is 3. The van der Waals surface area contributed by atoms with Crippen molar-refractivity contribution in [1.29, 1.82) is 0 Å². The van der Waals surface area contributed by atoms with Crippen LogP contribution in [0.4, 0.5) is 0 Å². The lowest BCUT2D eigenvalue weighted by atomic mass is 10.3. The summed E-state index contributed by atoms with van der Waals surface area (Å²) in [7, 11) is 0. The lowest BCUT2D eigenvalue weighted by molar-refractivity contribution is 0.0690. The third-order valence-electron chi connectivity index (χ3n) is 1.56. The molecule has 0 radical (unpaired) electrons. The van der Waals surface area contributed by atoms with Crippen LogP contribution in [0.2, 0.25) is 0 Å². The minimum Gasteiger partial charge on any atom is -0.477 e. The van der Waals surface area contributed by atoms with Crippen LogP contribution in [0, 0.1) is 12.3 Å². The Morgan fingerprint density at radius 1 is 1.64 bits per heavy atom. The Balaban J connectivity index is 2.65. The van der Waals surface area contributed by atoms with Crippen LogP contribution in [0.25, 0.3) is 0 Å². The van der Waals surface area contributed by atoms with E-state index in [1.807, 2.05) is 0 Å². The Labute approximate surface area is 82.0 Å². The number of pyridine rings is 1. The highest BCUT2D eigenvalue weighted by atomic mass is 16.4. The number of aromatic carboxylic acids is 1. The van der Waals surface area contributed by atoms with Gasteiger partial charge in [-0.05, 0) is 12.1 Å². The molecule has 0 saturated carbocycles. The predicted molar refractivity (Wildman–Crippen MR) is 51.7 cm³/mol. The zero-order valence-electron chi connectivity index (χ0n) is 7.53. The third-order valence-corrected chi connectivity index (χ3v) is 1.56. The Kier molecular flexibility index (Phi) is 3.65. The van der Waals surface area contributed by atoms with Crippen LogP contribution in [-0.4, -0.2) is 22.6 Å². The molecule has 0 fully saturated rings. The van der Waals surface area contributed by atoms with Gasteiger partial charge < -0.3 is 10.4 Å². The second-order valence-electron chi connectivity index (χ2n) is 2.63. The number of terminal acetylenes is 1. The van der Waals surface area contributed by atoms with Crippen molar-refractivity contribution in [3.63, 3.8) is 0 Å². The molecular weight excluding hydrogens is 180 g/mol. The summed E-state index contributed by atoms with van der Waals surface area (Å²) in [6.45, 7) is 0.921. The first kappa shape index (κ1) is 10.2. The van der Waals surface area contributed by atoms with Crippen molar-refractivity contribution < 1.29 is 9.90 Å². The number of rotatable bonds is 4. The molecule has 4 nitrogen and oxygen atoms in total. The van der Waals surface area contributed by atoms with E-state index in [-0.39, 0.29) is 5.69 Å². The van der Waals surface area contributed by atoms with Gasteiger partial charge in [0.05, 0.1) is 12.2 Å². The van der Waals surface area contributed by atoms with Crippen LogP contribution in [0.1, 0.15) is 16.2 Å². The topological polar surface area (TPSA) is 62.2 Å². The molecule has 0 aliphatic heterocycles. The van der Waals surface area contributed by atoms with E-state index >= 15 is 0 Å². The van der Waals surface area contributed by atoms with E-state index in [1.54, 1.807) is 12.1 Å². The van der Waals surface area contributed by atoms with Crippen molar-refractivity contribution in [2.45, 2.75) is 6.54 Å². The Bertz CT molecular complexity index is 369. The molecule has 0 spiro atoms. The molecule has 1 heterocycles. The molecule has 0 atom stereocenters. The van der Waals surface area contributed by atoms with E-state index in [0.29, 0.717) is 18.8 Å². The quantitative estimate of drug-likeness (QED) is 0.536. The SMILES string of the molecule is C#CCNCc1cccc(C(=O)O)n1. The molecule has 2 N–H and O–H groups in total. The van der Waals surface area contributed by atoms with Crippen molar-refractivity contribution in [2.24, 2.45) is 0 Å². The number of aromatic nitrogens is 1. The molecule has 0 aliphatic carbocycles. The second kappa shape index (κ2) is 5.00. The van der Waals surface area contributed by atoms with E-state index in [2.05, 4.69) is 16.2 Å². The molecule has 0 amide bonds. The number of hydrogen-bond donors (Lipinski definition) is 2. The summed E-state index contributed by atoms with van der Waals surface area (Å²) in [6, 6.07) is 4.85. The Morgan fingerprint density at radius 2 is 2.43 bits per heavy atom. The molecule has 0 saturated heterocycles. The molecule has 0 bridgehead atoms. The lowest BCUT2D eigenvalue weighted by Crippen LogP contribution is -2.15. The van der Waals surface area contributed by atoms with Crippen LogP contribution in [0.15, 0.2) is 18.2 Å². The van der Waals surface area contributed by atoms with Gasteiger partial charge in [-0.15, -0.1) is 6.42 Å². The van der Waals surface area contributed by atoms with Crippen LogP contribution in [0.5, 0.6) is 0 Å². The number of carboxylic acids is 1. The van der Waals surface area contributed by atoms with Gasteiger partial charge >= 0.3 is 5.97 Å². The standard InChI is InChI=1S/C10H10N2O2/c1-2-6-11-7-8-4-3-5-9(12-8)10(13)14/h1,3-5,11H,6-7H2,(H,13,14). The van der Waals surface area contributed by atoms with Crippen molar-refractivity contribution in [1.82, 2.24) is 10.3 Å². The molecular formula is C10H10N2O2. The summed E-state index contributed by atoms with van der Waals surface area (Å²) in [5, 5.41) is 11.6. The number of carboxylic acid groups (broad SMARTS) is 1. The summed E-state index contributed by atoms with van der Waals surface area (Å²) in [5.74, 6) is 1.40. The molecule has 1 aromatic rings. The third kappa shape index (κ3) is 2.88. The first-order valence-electron chi connectivity index (χ1n) is 4.07. The first-order valence-corrected chi connectivity index (χ1v) is 4.07. The highest BCUT2D eigenvalue weighted by Crippen LogP contribution is 1.98. The normalized spacial score (nSPS) is 9.36. The monoisotopic (exact) mass is 190 g/mol. The van der Waals surface area contributed by atoms with E-state index < -0.39 is 5.97 Å². The maximum atomic E-state index is 10.6. The molecule has 0 unspecified atom stereocenters. The average Bonchev–Trinajstić information content (AvgIpc) is 2.19. The van der Waals surface area contributed by atoms with E-state index in [9.17, 15) is 4.79 Å². The highest BCUT2D eigenvalue weighted by molar-refractivity contribution is 5.85. The minimum atomic E-state index is -1.02. The largest absolute Gasteiger partial charge is 0.477 e. The van der Waals surface area contributed by atoms with Gasteiger partial charge in [0, 0.05) is 6.54 Å². The van der Waals surface area contributed by atoms with Crippen LogP contribution in [0.3, 0.4) is 0 Å². The molecule has 0 aliphatic rings. The molecule has 1 aromatic heterocycles. The van der Waals surface area contributed by atoms with E-state index in [4.69, 9.17) is 11.5 Å². The van der Waals surface area contributed by atoms with Crippen LogP contribution >= 0.6 is 0 Å². The van der Waals surface area contributed by atoms with Crippen molar-refractivity contribution in [2.75, 3.05) is 6.54 Å². The lowest BCUT2D eigenvalue weighted by Gasteiger charge is -2.01. The van der Waals surface area contributed by atoms with Gasteiger partial charge in [0.25, 0.3) is 0 Å². The summed E-state index contributed by atoms with van der Waals surface area (Å²) in [4.78, 5) is 14.5. The van der Waals surface area contributed by atoms with Crippen LogP contribution < -0.4 is 5.32 Å². The summed E-state index contributed by atoms with van der Waals surface area (Å²) in [6.07, 6.45) is 5.04. The van der Waals surface area contributed by atoms with Gasteiger partial charge in [-0.3, -0.25) is 0 Å². The minimum absolute atomic E-state index is 0.0463. The molecule has 0 aromatic carbocycles. The molecule has 1 rings (SSSR count). The fourth-order valence-electron chi connectivity index (χ4n) is 0.960. The predicted octanol–water partition coefficient (Wildman–Crippen LogP) is 0.503. The second-order valence-corrected chi connectivity index (χ2v) is 2.63. The zero-order chi connectivity index (χ0) is 10.4. The zero-order valence-corrected chi connectivity index (χ0v) is 7.53. The van der Waals surface area contributed by atoms with Crippen molar-refractivity contribution >= 4 is 5.97 Å². The van der Waals surface area contributed by atoms with Gasteiger partial charge in [0.2, 0.25) is 0 Å². The maximum absolute atomic E-state index is 10.6.